The second-order valence-corrected chi connectivity index (χ2v) is 10.8. The summed E-state index contributed by atoms with van der Waals surface area (Å²) in [6, 6.07) is 4.74. The van der Waals surface area contributed by atoms with Crippen LogP contribution in [-0.2, 0) is 19.4 Å². The average molecular weight is 452 g/mol. The molecule has 10 heteroatoms. The summed E-state index contributed by atoms with van der Waals surface area (Å²) in [4.78, 5) is 29.2. The number of hydrogen-bond acceptors (Lipinski definition) is 7. The van der Waals surface area contributed by atoms with Crippen LogP contribution in [0.25, 0.3) is 0 Å². The molecule has 4 rings (SSSR count). The highest BCUT2D eigenvalue weighted by Gasteiger charge is 2.36. The van der Waals surface area contributed by atoms with Crippen molar-refractivity contribution in [2.24, 2.45) is 5.92 Å². The van der Waals surface area contributed by atoms with E-state index in [2.05, 4.69) is 10.2 Å². The average Bonchev–Trinajstić information content (AvgIpc) is 3.37. The van der Waals surface area contributed by atoms with Crippen LogP contribution in [-0.4, -0.2) is 80.6 Å². The van der Waals surface area contributed by atoms with Crippen LogP contribution < -0.4 is 14.8 Å². The Hall–Kier alpha value is -2.33. The number of nitrogens with zero attached hydrogens (tertiary/aromatic N) is 2. The number of likely N-dealkylation sites (tertiary alicyclic amines) is 1. The van der Waals surface area contributed by atoms with E-state index in [-0.39, 0.29) is 48.1 Å². The first-order valence-corrected chi connectivity index (χ1v) is 12.5. The van der Waals surface area contributed by atoms with Crippen molar-refractivity contribution in [3.8, 4) is 11.5 Å². The predicted molar refractivity (Wildman–Crippen MR) is 115 cm³/mol. The molecule has 1 N–H and O–H groups in total. The summed E-state index contributed by atoms with van der Waals surface area (Å²) in [7, 11) is -1.35. The molecule has 0 aromatic heterocycles. The highest BCUT2D eigenvalue weighted by atomic mass is 32.2. The Kier molecular flexibility index (Phi) is 6.11. The maximum Gasteiger partial charge on any atom is 0.239 e. The third-order valence-corrected chi connectivity index (χ3v) is 8.30. The first-order valence-electron chi connectivity index (χ1n) is 10.6. The van der Waals surface area contributed by atoms with Gasteiger partial charge in [0, 0.05) is 30.8 Å². The molecule has 0 radical (unpaired) electrons. The van der Waals surface area contributed by atoms with E-state index < -0.39 is 9.84 Å². The van der Waals surface area contributed by atoms with Crippen LogP contribution in [0.3, 0.4) is 0 Å². The molecular weight excluding hydrogens is 422 g/mol. The third kappa shape index (κ3) is 4.79. The van der Waals surface area contributed by atoms with Gasteiger partial charge >= 0.3 is 0 Å². The smallest absolute Gasteiger partial charge is 0.239 e. The van der Waals surface area contributed by atoms with Crippen LogP contribution in [0.4, 0.5) is 5.69 Å². The molecule has 0 bridgehead atoms. The zero-order chi connectivity index (χ0) is 22.2. The Labute approximate surface area is 182 Å². The number of ether oxygens (including phenoxy) is 2. The number of piperidine rings is 1. The molecule has 2 atom stereocenters. The van der Waals surface area contributed by atoms with Crippen molar-refractivity contribution in [1.29, 1.82) is 0 Å². The van der Waals surface area contributed by atoms with Crippen molar-refractivity contribution in [1.82, 2.24) is 9.80 Å². The first kappa shape index (κ1) is 21.9. The molecule has 2 amide bonds. The highest BCUT2D eigenvalue weighted by molar-refractivity contribution is 7.91. The number of likely N-dealkylation sites (N-methyl/N-ethyl adjacent to an activating group) is 1. The minimum absolute atomic E-state index is 0.0363. The maximum absolute atomic E-state index is 12.9. The second-order valence-electron chi connectivity index (χ2n) is 8.55. The lowest BCUT2D eigenvalue weighted by molar-refractivity contribution is -0.137. The monoisotopic (exact) mass is 451 g/mol. The number of amides is 2. The molecule has 3 heterocycles. The maximum atomic E-state index is 12.9. The molecule has 2 saturated heterocycles. The van der Waals surface area contributed by atoms with Gasteiger partial charge in [0.1, 0.15) is 0 Å². The van der Waals surface area contributed by atoms with Crippen molar-refractivity contribution in [2.45, 2.75) is 38.3 Å². The fraction of sp³-hybridized carbons (Fsp3) is 0.619. The fourth-order valence-electron chi connectivity index (χ4n) is 4.48. The summed E-state index contributed by atoms with van der Waals surface area (Å²) >= 11 is 0. The van der Waals surface area contributed by atoms with E-state index in [9.17, 15) is 18.0 Å². The van der Waals surface area contributed by atoms with Gasteiger partial charge < -0.3 is 19.7 Å². The molecule has 2 fully saturated rings. The van der Waals surface area contributed by atoms with Crippen LogP contribution in [0.1, 0.15) is 26.2 Å². The Morgan fingerprint density at radius 3 is 2.55 bits per heavy atom. The van der Waals surface area contributed by atoms with E-state index in [1.54, 1.807) is 30.1 Å². The van der Waals surface area contributed by atoms with Crippen LogP contribution in [0.5, 0.6) is 11.5 Å². The third-order valence-electron chi connectivity index (χ3n) is 6.55. The topological polar surface area (TPSA) is 105 Å². The molecule has 0 spiro atoms. The van der Waals surface area contributed by atoms with Gasteiger partial charge in [-0.05, 0) is 51.4 Å². The van der Waals surface area contributed by atoms with E-state index in [0.29, 0.717) is 49.5 Å². The van der Waals surface area contributed by atoms with E-state index in [0.717, 1.165) is 0 Å². The lowest BCUT2D eigenvalue weighted by Crippen LogP contribution is -2.52. The SMILES string of the molecule is C[C@@H](C(=O)N(C)[C@@H]1CCS(=O)(=O)C1)N1CCC(C(=O)Nc2ccc3c(c2)OCO3)CC1. The van der Waals surface area contributed by atoms with Crippen molar-refractivity contribution in [3.63, 3.8) is 0 Å². The van der Waals surface area contributed by atoms with E-state index in [1.165, 1.54) is 0 Å². The summed E-state index contributed by atoms with van der Waals surface area (Å²) in [6.07, 6.45) is 1.82. The number of benzene rings is 1. The van der Waals surface area contributed by atoms with Gasteiger partial charge in [-0.15, -0.1) is 0 Å². The largest absolute Gasteiger partial charge is 0.454 e. The van der Waals surface area contributed by atoms with Crippen LogP contribution in [0, 0.1) is 5.92 Å². The number of anilines is 1. The van der Waals surface area contributed by atoms with Gasteiger partial charge in [-0.25, -0.2) is 8.42 Å². The van der Waals surface area contributed by atoms with Gasteiger partial charge in [0.25, 0.3) is 0 Å². The summed E-state index contributed by atoms with van der Waals surface area (Å²) in [5.41, 5.74) is 0.674. The number of nitrogens with one attached hydrogen (secondary N) is 1. The van der Waals surface area contributed by atoms with Crippen LogP contribution in [0.15, 0.2) is 18.2 Å². The normalized spacial score (nSPS) is 24.0. The van der Waals surface area contributed by atoms with Crippen LogP contribution in [0.2, 0.25) is 0 Å². The number of fused-ring (bicyclic) bond motifs is 1. The minimum atomic E-state index is -3.04. The Balaban J connectivity index is 1.27. The van der Waals surface area contributed by atoms with Crippen molar-refractivity contribution in [3.05, 3.63) is 18.2 Å². The number of carbonyl (C=O) groups is 2. The minimum Gasteiger partial charge on any atom is -0.454 e. The number of rotatable bonds is 5. The molecule has 9 nitrogen and oxygen atoms in total. The lowest BCUT2D eigenvalue weighted by Gasteiger charge is -2.37. The molecule has 0 aliphatic carbocycles. The molecular formula is C21H29N3O6S. The quantitative estimate of drug-likeness (QED) is 0.715. The van der Waals surface area contributed by atoms with E-state index >= 15 is 0 Å². The van der Waals surface area contributed by atoms with Gasteiger partial charge in [-0.2, -0.15) is 0 Å². The van der Waals surface area contributed by atoms with Gasteiger partial charge in [0.05, 0.1) is 17.5 Å². The van der Waals surface area contributed by atoms with Gasteiger partial charge in [-0.3, -0.25) is 14.5 Å². The zero-order valence-corrected chi connectivity index (χ0v) is 18.7. The summed E-state index contributed by atoms with van der Waals surface area (Å²) in [5, 5.41) is 2.95. The second kappa shape index (κ2) is 8.66. The standard InChI is InChI=1S/C21H29N3O6S/c1-14(21(26)23(2)17-7-10-31(27,28)12-17)24-8-5-15(6-9-24)20(25)22-16-3-4-18-19(11-16)30-13-29-18/h3-4,11,14-15,17H,5-10,12-13H2,1-2H3,(H,22,25)/t14-,17+/m0/s1. The molecule has 1 aromatic carbocycles. The fourth-order valence-corrected chi connectivity index (χ4v) is 6.25. The number of sulfone groups is 1. The summed E-state index contributed by atoms with van der Waals surface area (Å²) in [6.45, 7) is 3.33. The van der Waals surface area contributed by atoms with Crippen molar-refractivity contribution >= 4 is 27.3 Å². The number of hydrogen-bond donors (Lipinski definition) is 1. The molecule has 31 heavy (non-hydrogen) atoms. The molecule has 1 aromatic rings. The van der Waals surface area contributed by atoms with Crippen LogP contribution >= 0.6 is 0 Å². The molecule has 0 unspecified atom stereocenters. The van der Waals surface area contributed by atoms with E-state index in [4.69, 9.17) is 9.47 Å². The summed E-state index contributed by atoms with van der Waals surface area (Å²) < 4.78 is 34.1. The van der Waals surface area contributed by atoms with Gasteiger partial charge in [0.2, 0.25) is 18.6 Å². The highest BCUT2D eigenvalue weighted by Crippen LogP contribution is 2.34. The molecule has 3 aliphatic heterocycles. The molecule has 3 aliphatic rings. The van der Waals surface area contributed by atoms with Gasteiger partial charge in [0.15, 0.2) is 21.3 Å². The molecule has 170 valence electrons. The Morgan fingerprint density at radius 1 is 1.16 bits per heavy atom. The Morgan fingerprint density at radius 2 is 1.87 bits per heavy atom. The first-order chi connectivity index (χ1) is 14.7. The lowest BCUT2D eigenvalue weighted by atomic mass is 9.94. The molecule has 0 saturated carbocycles. The van der Waals surface area contributed by atoms with Crippen molar-refractivity contribution in [2.75, 3.05) is 43.8 Å². The van der Waals surface area contributed by atoms with E-state index in [1.807, 2.05) is 6.92 Å². The van der Waals surface area contributed by atoms with Crippen molar-refractivity contribution < 1.29 is 27.5 Å². The van der Waals surface area contributed by atoms with Gasteiger partial charge in [-0.1, -0.05) is 0 Å². The number of carbonyl (C=O) groups excluding carboxylic acids is 2. The summed E-state index contributed by atoms with van der Waals surface area (Å²) in [5.74, 6) is 1.26. The predicted octanol–water partition coefficient (Wildman–Crippen LogP) is 1.10. The zero-order valence-electron chi connectivity index (χ0n) is 17.9. The Bertz CT molecular complexity index is 958.